The summed E-state index contributed by atoms with van der Waals surface area (Å²) in [5.74, 6) is 0. The number of nitrogens with zero attached hydrogens (tertiary/aromatic N) is 1. The van der Waals surface area contributed by atoms with Crippen molar-refractivity contribution in [2.45, 2.75) is 27.3 Å². The molecular formula is C17H22N2. The number of nitrogen functional groups attached to an aromatic ring is 1. The molecule has 2 rings (SSSR count). The Kier molecular flexibility index (Phi) is 3.79. The average Bonchev–Trinajstić information content (AvgIpc) is 2.33. The summed E-state index contributed by atoms with van der Waals surface area (Å²) in [6.45, 7) is 7.27. The van der Waals surface area contributed by atoms with Crippen LogP contribution in [0.25, 0.3) is 0 Å². The van der Waals surface area contributed by atoms with Crippen molar-refractivity contribution in [2.75, 3.05) is 17.7 Å². The lowest BCUT2D eigenvalue weighted by Gasteiger charge is -2.24. The normalized spacial score (nSPS) is 10.5. The summed E-state index contributed by atoms with van der Waals surface area (Å²) in [6.07, 6.45) is 0. The van der Waals surface area contributed by atoms with Gasteiger partial charge in [0.1, 0.15) is 0 Å². The number of para-hydroxylation sites is 1. The molecular weight excluding hydrogens is 232 g/mol. The number of benzene rings is 2. The summed E-state index contributed by atoms with van der Waals surface area (Å²) < 4.78 is 0. The van der Waals surface area contributed by atoms with E-state index in [-0.39, 0.29) is 0 Å². The summed E-state index contributed by atoms with van der Waals surface area (Å²) >= 11 is 0. The molecule has 0 atom stereocenters. The maximum atomic E-state index is 6.10. The van der Waals surface area contributed by atoms with Gasteiger partial charge in [-0.1, -0.05) is 35.9 Å². The summed E-state index contributed by atoms with van der Waals surface area (Å²) in [5, 5.41) is 0. The van der Waals surface area contributed by atoms with Gasteiger partial charge in [-0.2, -0.15) is 0 Å². The predicted molar refractivity (Wildman–Crippen MR) is 83.6 cm³/mol. The molecule has 2 aromatic rings. The quantitative estimate of drug-likeness (QED) is 0.843. The second-order valence-corrected chi connectivity index (χ2v) is 5.30. The molecule has 0 saturated carbocycles. The summed E-state index contributed by atoms with van der Waals surface area (Å²) in [6, 6.07) is 12.6. The summed E-state index contributed by atoms with van der Waals surface area (Å²) in [5.41, 5.74) is 13.3. The molecule has 2 aromatic carbocycles. The molecule has 0 amide bonds. The Balaban J connectivity index is 2.31. The minimum Gasteiger partial charge on any atom is -0.397 e. The molecule has 0 bridgehead atoms. The zero-order valence-electron chi connectivity index (χ0n) is 12.2. The van der Waals surface area contributed by atoms with Crippen molar-refractivity contribution in [1.29, 1.82) is 0 Å². The van der Waals surface area contributed by atoms with Gasteiger partial charge in [-0.05, 0) is 43.5 Å². The fourth-order valence-electron chi connectivity index (χ4n) is 2.51. The highest BCUT2D eigenvalue weighted by atomic mass is 15.1. The molecule has 2 heteroatoms. The minimum absolute atomic E-state index is 0.841. The van der Waals surface area contributed by atoms with Crippen molar-refractivity contribution in [3.63, 3.8) is 0 Å². The second-order valence-electron chi connectivity index (χ2n) is 5.30. The molecule has 0 aliphatic carbocycles. The molecule has 0 heterocycles. The van der Waals surface area contributed by atoms with Crippen LogP contribution in [0, 0.1) is 20.8 Å². The highest BCUT2D eigenvalue weighted by Gasteiger charge is 2.10. The van der Waals surface area contributed by atoms with Crippen LogP contribution in [0.3, 0.4) is 0 Å². The van der Waals surface area contributed by atoms with Gasteiger partial charge in [0.15, 0.2) is 0 Å². The van der Waals surface area contributed by atoms with E-state index in [1.165, 1.54) is 22.3 Å². The molecule has 0 aliphatic rings. The van der Waals surface area contributed by atoms with Crippen LogP contribution in [0.1, 0.15) is 22.3 Å². The van der Waals surface area contributed by atoms with Crippen LogP contribution in [0.15, 0.2) is 36.4 Å². The van der Waals surface area contributed by atoms with Gasteiger partial charge in [0.05, 0.1) is 11.4 Å². The predicted octanol–water partition coefficient (Wildman–Crippen LogP) is 3.83. The smallest absolute Gasteiger partial charge is 0.0630 e. The molecule has 0 aromatic heterocycles. The standard InChI is InChI=1S/C17H22N2/c1-12-8-9-13(2)15(10-12)11-19(4)17-14(3)6-5-7-16(17)18/h5-10H,11,18H2,1-4H3. The Bertz CT molecular complexity index is 568. The van der Waals surface area contributed by atoms with E-state index < -0.39 is 0 Å². The van der Waals surface area contributed by atoms with E-state index in [9.17, 15) is 0 Å². The maximum Gasteiger partial charge on any atom is 0.0630 e. The molecule has 2 nitrogen and oxygen atoms in total. The number of anilines is 2. The topological polar surface area (TPSA) is 29.3 Å². The second kappa shape index (κ2) is 5.35. The highest BCUT2D eigenvalue weighted by Crippen LogP contribution is 2.28. The van der Waals surface area contributed by atoms with Crippen molar-refractivity contribution >= 4 is 11.4 Å². The molecule has 100 valence electrons. The Morgan fingerprint density at radius 2 is 1.74 bits per heavy atom. The highest BCUT2D eigenvalue weighted by molar-refractivity contribution is 5.71. The van der Waals surface area contributed by atoms with Crippen LogP contribution in [-0.2, 0) is 6.54 Å². The Labute approximate surface area is 115 Å². The molecule has 0 aliphatic heterocycles. The van der Waals surface area contributed by atoms with E-state index in [0.717, 1.165) is 17.9 Å². The Hall–Kier alpha value is -1.96. The number of aryl methyl sites for hydroxylation is 3. The van der Waals surface area contributed by atoms with Gasteiger partial charge < -0.3 is 10.6 Å². The van der Waals surface area contributed by atoms with Crippen molar-refractivity contribution in [1.82, 2.24) is 0 Å². The average molecular weight is 254 g/mol. The summed E-state index contributed by atoms with van der Waals surface area (Å²) in [4.78, 5) is 2.23. The van der Waals surface area contributed by atoms with Gasteiger partial charge in [0.25, 0.3) is 0 Å². The van der Waals surface area contributed by atoms with E-state index in [4.69, 9.17) is 5.73 Å². The maximum absolute atomic E-state index is 6.10. The van der Waals surface area contributed by atoms with Crippen LogP contribution in [0.2, 0.25) is 0 Å². The van der Waals surface area contributed by atoms with Crippen LogP contribution in [0.5, 0.6) is 0 Å². The van der Waals surface area contributed by atoms with Crippen molar-refractivity contribution in [2.24, 2.45) is 0 Å². The molecule has 0 radical (unpaired) electrons. The third-order valence-electron chi connectivity index (χ3n) is 3.56. The molecule has 0 fully saturated rings. The van der Waals surface area contributed by atoms with Crippen molar-refractivity contribution in [3.8, 4) is 0 Å². The van der Waals surface area contributed by atoms with E-state index in [0.29, 0.717) is 0 Å². The molecule has 19 heavy (non-hydrogen) atoms. The fraction of sp³-hybridized carbons (Fsp3) is 0.294. The third-order valence-corrected chi connectivity index (χ3v) is 3.56. The zero-order valence-corrected chi connectivity index (χ0v) is 12.2. The first kappa shape index (κ1) is 13.5. The third kappa shape index (κ3) is 2.90. The molecule has 0 spiro atoms. The lowest BCUT2D eigenvalue weighted by molar-refractivity contribution is 0.909. The number of rotatable bonds is 3. The molecule has 0 saturated heterocycles. The van der Waals surface area contributed by atoms with E-state index >= 15 is 0 Å². The van der Waals surface area contributed by atoms with Gasteiger partial charge >= 0.3 is 0 Å². The first-order valence-electron chi connectivity index (χ1n) is 6.61. The fourth-order valence-corrected chi connectivity index (χ4v) is 2.51. The molecule has 0 unspecified atom stereocenters. The minimum atomic E-state index is 0.841. The van der Waals surface area contributed by atoms with Gasteiger partial charge in [-0.25, -0.2) is 0 Å². The SMILES string of the molecule is Cc1ccc(C)c(CN(C)c2c(C)cccc2N)c1. The molecule has 2 N–H and O–H groups in total. The van der Waals surface area contributed by atoms with Gasteiger partial charge in [-0.15, -0.1) is 0 Å². The van der Waals surface area contributed by atoms with Gasteiger partial charge in [0.2, 0.25) is 0 Å². The number of nitrogens with two attached hydrogens (primary N) is 1. The Morgan fingerprint density at radius 1 is 1.00 bits per heavy atom. The van der Waals surface area contributed by atoms with Crippen LogP contribution in [-0.4, -0.2) is 7.05 Å². The summed E-state index contributed by atoms with van der Waals surface area (Å²) in [7, 11) is 2.10. The van der Waals surface area contributed by atoms with E-state index in [2.05, 4.69) is 57.0 Å². The van der Waals surface area contributed by atoms with Gasteiger partial charge in [-0.3, -0.25) is 0 Å². The number of hydrogen-bond acceptors (Lipinski definition) is 2. The lowest BCUT2D eigenvalue weighted by atomic mass is 10.0. The van der Waals surface area contributed by atoms with Crippen LogP contribution >= 0.6 is 0 Å². The monoisotopic (exact) mass is 254 g/mol. The number of hydrogen-bond donors (Lipinski definition) is 1. The van der Waals surface area contributed by atoms with Crippen LogP contribution in [0.4, 0.5) is 11.4 Å². The van der Waals surface area contributed by atoms with Crippen molar-refractivity contribution in [3.05, 3.63) is 58.7 Å². The van der Waals surface area contributed by atoms with Crippen LogP contribution < -0.4 is 10.6 Å². The first-order chi connectivity index (χ1) is 8.99. The van der Waals surface area contributed by atoms with Crippen molar-refractivity contribution < 1.29 is 0 Å². The first-order valence-corrected chi connectivity index (χ1v) is 6.61. The Morgan fingerprint density at radius 3 is 2.42 bits per heavy atom. The van der Waals surface area contributed by atoms with E-state index in [1.807, 2.05) is 12.1 Å². The van der Waals surface area contributed by atoms with E-state index in [1.54, 1.807) is 0 Å². The lowest BCUT2D eigenvalue weighted by Crippen LogP contribution is -2.19. The van der Waals surface area contributed by atoms with Gasteiger partial charge in [0, 0.05) is 13.6 Å². The zero-order chi connectivity index (χ0) is 14.0. The largest absolute Gasteiger partial charge is 0.397 e.